The summed E-state index contributed by atoms with van der Waals surface area (Å²) in [6, 6.07) is 3.83. The molecular weight excluding hydrogens is 326 g/mol. The van der Waals surface area contributed by atoms with E-state index in [1.165, 1.54) is 0 Å². The van der Waals surface area contributed by atoms with Gasteiger partial charge in [-0.3, -0.25) is 0 Å². The Morgan fingerprint density at radius 2 is 2.04 bits per heavy atom. The zero-order chi connectivity index (χ0) is 16.7. The first kappa shape index (κ1) is 15.2. The summed E-state index contributed by atoms with van der Waals surface area (Å²) in [6.07, 6.45) is 6.52. The predicted molar refractivity (Wildman–Crippen MR) is 90.1 cm³/mol. The van der Waals surface area contributed by atoms with Crippen LogP contribution in [-0.4, -0.2) is 29.8 Å². The smallest absolute Gasteiger partial charge is 0.155 e. The Balaban J connectivity index is 1.82. The zero-order valence-electron chi connectivity index (χ0n) is 13.2. The van der Waals surface area contributed by atoms with E-state index in [9.17, 15) is 5.11 Å². The fourth-order valence-electron chi connectivity index (χ4n) is 3.18. The van der Waals surface area contributed by atoms with Crippen molar-refractivity contribution >= 4 is 11.6 Å². The minimum atomic E-state index is -0.163. The first-order valence-corrected chi connectivity index (χ1v) is 8.21. The van der Waals surface area contributed by atoms with E-state index in [1.54, 1.807) is 6.33 Å². The number of pyridine rings is 1. The van der Waals surface area contributed by atoms with Crippen LogP contribution in [0.2, 0.25) is 5.15 Å². The maximum absolute atomic E-state index is 9.74. The molecule has 3 aromatic heterocycles. The normalized spacial score (nSPS) is 13.3. The molecule has 1 aliphatic rings. The summed E-state index contributed by atoms with van der Waals surface area (Å²) in [7, 11) is 0. The van der Waals surface area contributed by atoms with Crippen molar-refractivity contribution in [3.63, 3.8) is 0 Å². The summed E-state index contributed by atoms with van der Waals surface area (Å²) < 4.78 is 1.86. The van der Waals surface area contributed by atoms with E-state index in [2.05, 4.69) is 20.2 Å². The third-order valence-electron chi connectivity index (χ3n) is 4.32. The van der Waals surface area contributed by atoms with Gasteiger partial charge in [-0.15, -0.1) is 10.2 Å². The number of aliphatic hydroxyl groups excluding tert-OH is 1. The second-order valence-electron chi connectivity index (χ2n) is 5.89. The number of aryl methyl sites for hydroxylation is 1. The second kappa shape index (κ2) is 5.96. The monoisotopic (exact) mass is 341 g/mol. The quantitative estimate of drug-likeness (QED) is 0.792. The fraction of sp³-hybridized carbons (Fsp3) is 0.294. The van der Waals surface area contributed by atoms with Gasteiger partial charge in [-0.2, -0.15) is 0 Å². The van der Waals surface area contributed by atoms with Crippen LogP contribution in [0.25, 0.3) is 17.1 Å². The number of nitrogens with zero attached hydrogens (tertiary/aromatic N) is 5. The summed E-state index contributed by atoms with van der Waals surface area (Å²) in [5.74, 6) is 0. The zero-order valence-corrected chi connectivity index (χ0v) is 14.0. The molecule has 122 valence electrons. The van der Waals surface area contributed by atoms with Gasteiger partial charge in [0.05, 0.1) is 35.7 Å². The number of aromatic nitrogens is 5. The molecule has 3 heterocycles. The highest BCUT2D eigenvalue weighted by atomic mass is 35.5. The van der Waals surface area contributed by atoms with Gasteiger partial charge in [-0.05, 0) is 49.4 Å². The molecule has 6 nitrogen and oxygen atoms in total. The van der Waals surface area contributed by atoms with E-state index in [0.29, 0.717) is 16.5 Å². The maximum atomic E-state index is 9.74. The molecule has 7 heteroatoms. The molecule has 0 aromatic carbocycles. The molecule has 0 saturated heterocycles. The van der Waals surface area contributed by atoms with Crippen molar-refractivity contribution in [2.45, 2.75) is 32.8 Å². The molecule has 0 amide bonds. The van der Waals surface area contributed by atoms with Crippen LogP contribution in [0.1, 0.15) is 28.9 Å². The van der Waals surface area contributed by atoms with E-state index in [4.69, 9.17) is 11.6 Å². The van der Waals surface area contributed by atoms with Gasteiger partial charge in [0.15, 0.2) is 5.15 Å². The van der Waals surface area contributed by atoms with Crippen LogP contribution in [0.4, 0.5) is 0 Å². The van der Waals surface area contributed by atoms with Crippen molar-refractivity contribution < 1.29 is 5.11 Å². The van der Waals surface area contributed by atoms with Crippen LogP contribution in [0.15, 0.2) is 24.7 Å². The van der Waals surface area contributed by atoms with Crippen LogP contribution >= 0.6 is 11.6 Å². The van der Waals surface area contributed by atoms with Crippen LogP contribution in [0.3, 0.4) is 0 Å². The van der Waals surface area contributed by atoms with Crippen molar-refractivity contribution in [1.29, 1.82) is 0 Å². The van der Waals surface area contributed by atoms with Crippen molar-refractivity contribution in [1.82, 2.24) is 24.7 Å². The molecule has 0 atom stereocenters. The number of imidazole rings is 1. The second-order valence-corrected chi connectivity index (χ2v) is 6.25. The molecule has 3 aromatic rings. The largest absolute Gasteiger partial charge is 0.390 e. The number of fused-ring (bicyclic) bond motifs is 1. The summed E-state index contributed by atoms with van der Waals surface area (Å²) in [6.45, 7) is 1.76. The molecule has 0 radical (unpaired) electrons. The van der Waals surface area contributed by atoms with Gasteiger partial charge >= 0.3 is 0 Å². The third-order valence-corrected chi connectivity index (χ3v) is 4.63. The van der Waals surface area contributed by atoms with E-state index in [-0.39, 0.29) is 6.61 Å². The molecule has 0 aliphatic heterocycles. The van der Waals surface area contributed by atoms with Gasteiger partial charge in [-0.25, -0.2) is 9.97 Å². The SMILES string of the molecule is Cc1cn(-c2ccc(-c3nnc(Cl)c4c3CCC4)nc2CO)cn1. The maximum Gasteiger partial charge on any atom is 0.155 e. The molecule has 0 unspecified atom stereocenters. The van der Waals surface area contributed by atoms with Crippen molar-refractivity contribution in [2.24, 2.45) is 0 Å². The summed E-state index contributed by atoms with van der Waals surface area (Å²) in [5.41, 5.74) is 5.95. The number of halogens is 1. The van der Waals surface area contributed by atoms with Gasteiger partial charge in [0.1, 0.15) is 5.69 Å². The predicted octanol–water partition coefficient (Wildman–Crippen LogP) is 2.67. The van der Waals surface area contributed by atoms with Crippen molar-refractivity contribution in [2.75, 3.05) is 0 Å². The molecule has 0 spiro atoms. The van der Waals surface area contributed by atoms with Crippen molar-refractivity contribution in [3.05, 3.63) is 52.3 Å². The number of rotatable bonds is 3. The van der Waals surface area contributed by atoms with Crippen LogP contribution in [0.5, 0.6) is 0 Å². The van der Waals surface area contributed by atoms with Gasteiger partial charge in [-0.1, -0.05) is 11.6 Å². The van der Waals surface area contributed by atoms with E-state index in [0.717, 1.165) is 47.5 Å². The van der Waals surface area contributed by atoms with Gasteiger partial charge in [0.2, 0.25) is 0 Å². The highest BCUT2D eigenvalue weighted by molar-refractivity contribution is 6.30. The Bertz CT molecular complexity index is 921. The lowest BCUT2D eigenvalue weighted by atomic mass is 10.1. The van der Waals surface area contributed by atoms with Crippen molar-refractivity contribution in [3.8, 4) is 17.1 Å². The molecule has 24 heavy (non-hydrogen) atoms. The average molecular weight is 342 g/mol. The Hall–Kier alpha value is -2.31. The molecule has 0 saturated carbocycles. The Morgan fingerprint density at radius 3 is 2.79 bits per heavy atom. The Kier molecular flexibility index (Phi) is 3.78. The molecular formula is C17H16ClN5O. The van der Waals surface area contributed by atoms with E-state index >= 15 is 0 Å². The number of hydrogen-bond donors (Lipinski definition) is 1. The highest BCUT2D eigenvalue weighted by Gasteiger charge is 2.22. The van der Waals surface area contributed by atoms with Gasteiger partial charge in [0.25, 0.3) is 0 Å². The Labute approximate surface area is 144 Å². The lowest BCUT2D eigenvalue weighted by Crippen LogP contribution is -2.04. The number of hydrogen-bond acceptors (Lipinski definition) is 5. The fourth-order valence-corrected chi connectivity index (χ4v) is 3.43. The Morgan fingerprint density at radius 1 is 1.21 bits per heavy atom. The summed E-state index contributed by atoms with van der Waals surface area (Å²) in [4.78, 5) is 8.83. The summed E-state index contributed by atoms with van der Waals surface area (Å²) in [5, 5.41) is 18.5. The van der Waals surface area contributed by atoms with Gasteiger partial charge < -0.3 is 9.67 Å². The number of aliphatic hydroxyl groups is 1. The van der Waals surface area contributed by atoms with E-state index in [1.807, 2.05) is 29.8 Å². The molecule has 0 bridgehead atoms. The standard InChI is InChI=1S/C17H16ClN5O/c1-10-7-23(9-19-10)15-6-5-13(20-14(15)8-24)16-11-3-2-4-12(11)17(18)22-21-16/h5-7,9,24H,2-4,8H2,1H3. The average Bonchev–Trinajstić information content (AvgIpc) is 3.24. The van der Waals surface area contributed by atoms with Crippen LogP contribution in [-0.2, 0) is 19.4 Å². The van der Waals surface area contributed by atoms with Crippen LogP contribution in [0, 0.1) is 6.92 Å². The first-order chi connectivity index (χ1) is 11.7. The lowest BCUT2D eigenvalue weighted by molar-refractivity contribution is 0.276. The first-order valence-electron chi connectivity index (χ1n) is 7.83. The topological polar surface area (TPSA) is 76.7 Å². The minimum Gasteiger partial charge on any atom is -0.390 e. The molecule has 1 aliphatic carbocycles. The van der Waals surface area contributed by atoms with Crippen LogP contribution < -0.4 is 0 Å². The lowest BCUT2D eigenvalue weighted by Gasteiger charge is -2.11. The molecule has 0 fully saturated rings. The molecule has 1 N–H and O–H groups in total. The third kappa shape index (κ3) is 2.48. The minimum absolute atomic E-state index is 0.163. The summed E-state index contributed by atoms with van der Waals surface area (Å²) >= 11 is 6.15. The highest BCUT2D eigenvalue weighted by Crippen LogP contribution is 2.33. The molecule has 4 rings (SSSR count). The van der Waals surface area contributed by atoms with Gasteiger partial charge in [0, 0.05) is 6.20 Å². The van der Waals surface area contributed by atoms with E-state index < -0.39 is 0 Å².